The van der Waals surface area contributed by atoms with Crippen molar-refractivity contribution < 1.29 is 23.4 Å². The zero-order chi connectivity index (χ0) is 20.1. The summed E-state index contributed by atoms with van der Waals surface area (Å²) >= 11 is 0. The van der Waals surface area contributed by atoms with Crippen molar-refractivity contribution in [2.45, 2.75) is 4.90 Å². The molecule has 0 amide bonds. The molecule has 142 valence electrons. The van der Waals surface area contributed by atoms with Crippen LogP contribution in [0.4, 0.5) is 5.69 Å². The second kappa shape index (κ2) is 7.98. The van der Waals surface area contributed by atoms with Crippen LogP contribution in [-0.4, -0.2) is 24.4 Å². The predicted octanol–water partition coefficient (Wildman–Crippen LogP) is 3.79. The number of rotatable bonds is 6. The van der Waals surface area contributed by atoms with E-state index in [-0.39, 0.29) is 22.2 Å². The van der Waals surface area contributed by atoms with Gasteiger partial charge in [-0.2, -0.15) is 0 Å². The first-order valence-corrected chi connectivity index (χ1v) is 9.75. The van der Waals surface area contributed by atoms with Gasteiger partial charge in [-0.3, -0.25) is 9.52 Å². The standard InChI is InChI=1S/C21H17NO5S/c23-18-9-11-20(12-10-18)28(26,27)22-17-7-5-16(6-8-17)21(25)13-4-15-2-1-3-19(24)14-15/h1-14,22-24H/b13-4+. The number of carbonyl (C=O) groups excluding carboxylic acids is 1. The minimum absolute atomic E-state index is 0.0134. The Morgan fingerprint density at radius 1 is 0.857 bits per heavy atom. The van der Waals surface area contributed by atoms with Gasteiger partial charge >= 0.3 is 0 Å². The summed E-state index contributed by atoms with van der Waals surface area (Å²) in [5.74, 6) is -0.170. The minimum Gasteiger partial charge on any atom is -0.508 e. The van der Waals surface area contributed by atoms with E-state index in [0.717, 1.165) is 0 Å². The van der Waals surface area contributed by atoms with Gasteiger partial charge in [0.1, 0.15) is 11.5 Å². The van der Waals surface area contributed by atoms with Crippen molar-refractivity contribution in [1.82, 2.24) is 0 Å². The molecule has 0 spiro atoms. The molecule has 3 rings (SSSR count). The lowest BCUT2D eigenvalue weighted by Gasteiger charge is -2.08. The molecule has 0 aromatic heterocycles. The first-order valence-electron chi connectivity index (χ1n) is 8.27. The number of sulfonamides is 1. The molecule has 3 aromatic rings. The number of phenols is 2. The summed E-state index contributed by atoms with van der Waals surface area (Å²) in [7, 11) is -3.80. The van der Waals surface area contributed by atoms with E-state index in [1.165, 1.54) is 66.7 Å². The van der Waals surface area contributed by atoms with Crippen LogP contribution in [0.15, 0.2) is 83.8 Å². The molecule has 0 saturated heterocycles. The molecule has 3 N–H and O–H groups in total. The molecule has 0 aliphatic carbocycles. The Morgan fingerprint density at radius 2 is 1.54 bits per heavy atom. The van der Waals surface area contributed by atoms with E-state index in [9.17, 15) is 23.4 Å². The molecule has 0 radical (unpaired) electrons. The van der Waals surface area contributed by atoms with Gasteiger partial charge in [-0.15, -0.1) is 0 Å². The van der Waals surface area contributed by atoms with Crippen molar-refractivity contribution in [3.8, 4) is 11.5 Å². The maximum absolute atomic E-state index is 12.3. The van der Waals surface area contributed by atoms with Gasteiger partial charge in [0.15, 0.2) is 5.78 Å². The molecule has 3 aromatic carbocycles. The monoisotopic (exact) mass is 395 g/mol. The van der Waals surface area contributed by atoms with Crippen molar-refractivity contribution in [3.63, 3.8) is 0 Å². The Bertz CT molecular complexity index is 1120. The first-order chi connectivity index (χ1) is 13.3. The number of nitrogens with one attached hydrogen (secondary N) is 1. The van der Waals surface area contributed by atoms with Crippen molar-refractivity contribution in [3.05, 3.63) is 90.0 Å². The van der Waals surface area contributed by atoms with Crippen LogP contribution in [0.2, 0.25) is 0 Å². The topological polar surface area (TPSA) is 104 Å². The van der Waals surface area contributed by atoms with Crippen LogP contribution in [0.25, 0.3) is 6.08 Å². The number of benzene rings is 3. The van der Waals surface area contributed by atoms with Crippen molar-refractivity contribution in [1.29, 1.82) is 0 Å². The molecule has 0 atom stereocenters. The maximum atomic E-state index is 12.3. The van der Waals surface area contributed by atoms with Crippen LogP contribution in [0, 0.1) is 0 Å². The molecule has 0 unspecified atom stereocenters. The number of ketones is 1. The van der Waals surface area contributed by atoms with Crippen molar-refractivity contribution in [2.75, 3.05) is 4.72 Å². The summed E-state index contributed by atoms with van der Waals surface area (Å²) in [6.45, 7) is 0. The Morgan fingerprint density at radius 3 is 2.18 bits per heavy atom. The molecule has 0 aliphatic heterocycles. The van der Waals surface area contributed by atoms with E-state index in [2.05, 4.69) is 4.72 Å². The summed E-state index contributed by atoms with van der Waals surface area (Å²) in [5.41, 5.74) is 1.39. The number of anilines is 1. The maximum Gasteiger partial charge on any atom is 0.261 e. The highest BCUT2D eigenvalue weighted by Gasteiger charge is 2.14. The molecule has 28 heavy (non-hydrogen) atoms. The Kier molecular flexibility index (Phi) is 5.47. The highest BCUT2D eigenvalue weighted by Crippen LogP contribution is 2.19. The molecular formula is C21H17NO5S. The highest BCUT2D eigenvalue weighted by molar-refractivity contribution is 7.92. The van der Waals surface area contributed by atoms with E-state index < -0.39 is 10.0 Å². The van der Waals surface area contributed by atoms with Crippen LogP contribution in [0.1, 0.15) is 15.9 Å². The van der Waals surface area contributed by atoms with Gasteiger partial charge in [0.05, 0.1) is 4.90 Å². The number of aromatic hydroxyl groups is 2. The third-order valence-electron chi connectivity index (χ3n) is 3.87. The van der Waals surface area contributed by atoms with Crippen LogP contribution < -0.4 is 4.72 Å². The molecule has 6 nitrogen and oxygen atoms in total. The number of phenolic OH excluding ortho intramolecular Hbond substituents is 2. The van der Waals surface area contributed by atoms with Crippen LogP contribution in [-0.2, 0) is 10.0 Å². The van der Waals surface area contributed by atoms with Gasteiger partial charge in [0.2, 0.25) is 0 Å². The van der Waals surface area contributed by atoms with Crippen LogP contribution >= 0.6 is 0 Å². The Balaban J connectivity index is 1.70. The van der Waals surface area contributed by atoms with E-state index >= 15 is 0 Å². The van der Waals surface area contributed by atoms with E-state index in [1.807, 2.05) is 0 Å². The van der Waals surface area contributed by atoms with Crippen LogP contribution in [0.3, 0.4) is 0 Å². The Labute approximate surface area is 162 Å². The molecule has 0 fully saturated rings. The third kappa shape index (κ3) is 4.77. The fourth-order valence-corrected chi connectivity index (χ4v) is 3.50. The van der Waals surface area contributed by atoms with Gasteiger partial charge < -0.3 is 10.2 Å². The molecule has 0 heterocycles. The number of allylic oxidation sites excluding steroid dienone is 1. The fourth-order valence-electron chi connectivity index (χ4n) is 2.44. The lowest BCUT2D eigenvalue weighted by molar-refractivity contribution is 0.104. The number of hydrogen-bond acceptors (Lipinski definition) is 5. The third-order valence-corrected chi connectivity index (χ3v) is 5.26. The lowest BCUT2D eigenvalue weighted by Crippen LogP contribution is -2.12. The highest BCUT2D eigenvalue weighted by atomic mass is 32.2. The van der Waals surface area contributed by atoms with Gasteiger partial charge in [0, 0.05) is 11.3 Å². The average molecular weight is 395 g/mol. The van der Waals surface area contributed by atoms with Gasteiger partial charge in [-0.1, -0.05) is 18.2 Å². The lowest BCUT2D eigenvalue weighted by atomic mass is 10.1. The molecule has 0 bridgehead atoms. The van der Waals surface area contributed by atoms with Gasteiger partial charge in [0.25, 0.3) is 10.0 Å². The van der Waals surface area contributed by atoms with Gasteiger partial charge in [-0.25, -0.2) is 8.42 Å². The second-order valence-electron chi connectivity index (χ2n) is 5.97. The fraction of sp³-hybridized carbons (Fsp3) is 0. The summed E-state index contributed by atoms with van der Waals surface area (Å²) in [4.78, 5) is 12.3. The molecule has 0 saturated carbocycles. The molecule has 0 aliphatic rings. The summed E-state index contributed by atoms with van der Waals surface area (Å²) in [6.07, 6.45) is 2.97. The van der Waals surface area contributed by atoms with Gasteiger partial charge in [-0.05, 0) is 72.3 Å². The van der Waals surface area contributed by atoms with E-state index in [4.69, 9.17) is 0 Å². The summed E-state index contributed by atoms with van der Waals surface area (Å²) in [6, 6.07) is 17.7. The van der Waals surface area contributed by atoms with E-state index in [1.54, 1.807) is 18.2 Å². The Hall–Kier alpha value is -3.58. The molecular weight excluding hydrogens is 378 g/mol. The smallest absolute Gasteiger partial charge is 0.261 e. The number of hydrogen-bond donors (Lipinski definition) is 3. The SMILES string of the molecule is O=C(/C=C/c1cccc(O)c1)c1ccc(NS(=O)(=O)c2ccc(O)cc2)cc1. The molecule has 7 heteroatoms. The number of carbonyl (C=O) groups is 1. The minimum atomic E-state index is -3.80. The zero-order valence-corrected chi connectivity index (χ0v) is 15.4. The van der Waals surface area contributed by atoms with E-state index in [0.29, 0.717) is 16.8 Å². The zero-order valence-electron chi connectivity index (χ0n) is 14.6. The quantitative estimate of drug-likeness (QED) is 0.435. The largest absolute Gasteiger partial charge is 0.508 e. The van der Waals surface area contributed by atoms with Crippen molar-refractivity contribution in [2.24, 2.45) is 0 Å². The van der Waals surface area contributed by atoms with Crippen molar-refractivity contribution >= 4 is 27.6 Å². The average Bonchev–Trinajstić information content (AvgIpc) is 2.67. The normalized spacial score (nSPS) is 11.4. The van der Waals surface area contributed by atoms with Crippen LogP contribution in [0.5, 0.6) is 11.5 Å². The second-order valence-corrected chi connectivity index (χ2v) is 7.65. The predicted molar refractivity (Wildman–Crippen MR) is 107 cm³/mol. The first kappa shape index (κ1) is 19.2. The summed E-state index contributed by atoms with van der Waals surface area (Å²) in [5, 5.41) is 18.7. The summed E-state index contributed by atoms with van der Waals surface area (Å²) < 4.78 is 27.1.